The van der Waals surface area contributed by atoms with Gasteiger partial charge in [-0.15, -0.1) is 0 Å². The second kappa shape index (κ2) is 10.1. The first kappa shape index (κ1) is 21.6. The summed E-state index contributed by atoms with van der Waals surface area (Å²) in [5.74, 6) is 0.212. The third-order valence-corrected chi connectivity index (χ3v) is 5.33. The molecule has 1 aromatic heterocycles. The van der Waals surface area contributed by atoms with Crippen LogP contribution in [0.2, 0.25) is 0 Å². The number of nitrogens with one attached hydrogen (secondary N) is 2. The standard InChI is InChI=1S/C23H30N4O3/c1-4-17(2)21(27-11-5-6-20(29-3)22(27)24)23(28)25-16-18-7-9-19(10-8-18)26-12-14-30-15-13-26/h5-11,24H,4,12-16H2,1-3H3,(H,25,28)/b21-17+,24-22?. The van der Waals surface area contributed by atoms with Crippen LogP contribution in [0.15, 0.2) is 48.2 Å². The van der Waals surface area contributed by atoms with Crippen LogP contribution < -0.4 is 20.4 Å². The number of rotatable bonds is 7. The molecule has 0 unspecified atom stereocenters. The van der Waals surface area contributed by atoms with Gasteiger partial charge in [0.15, 0.2) is 11.2 Å². The van der Waals surface area contributed by atoms with Crippen LogP contribution in [0.25, 0.3) is 5.70 Å². The van der Waals surface area contributed by atoms with E-state index in [1.165, 1.54) is 12.8 Å². The molecule has 0 saturated carbocycles. The van der Waals surface area contributed by atoms with E-state index >= 15 is 0 Å². The highest BCUT2D eigenvalue weighted by atomic mass is 16.5. The van der Waals surface area contributed by atoms with Crippen molar-refractivity contribution in [3.63, 3.8) is 0 Å². The first-order valence-electron chi connectivity index (χ1n) is 10.2. The summed E-state index contributed by atoms with van der Waals surface area (Å²) in [6.45, 7) is 7.63. The molecule has 2 heterocycles. The van der Waals surface area contributed by atoms with Crippen molar-refractivity contribution in [2.75, 3.05) is 38.3 Å². The topological polar surface area (TPSA) is 79.6 Å². The van der Waals surface area contributed by atoms with Gasteiger partial charge < -0.3 is 19.7 Å². The van der Waals surface area contributed by atoms with Crippen molar-refractivity contribution >= 4 is 17.3 Å². The molecule has 0 bridgehead atoms. The Morgan fingerprint density at radius 3 is 2.53 bits per heavy atom. The lowest BCUT2D eigenvalue weighted by Gasteiger charge is -2.28. The fourth-order valence-corrected chi connectivity index (χ4v) is 3.43. The van der Waals surface area contributed by atoms with Gasteiger partial charge in [-0.1, -0.05) is 19.1 Å². The molecule has 1 aromatic carbocycles. The number of amides is 1. The predicted molar refractivity (Wildman–Crippen MR) is 117 cm³/mol. The van der Waals surface area contributed by atoms with Gasteiger partial charge in [0.25, 0.3) is 5.91 Å². The average molecular weight is 411 g/mol. The lowest BCUT2D eigenvalue weighted by atomic mass is 10.1. The van der Waals surface area contributed by atoms with Gasteiger partial charge in [-0.05, 0) is 48.7 Å². The Hall–Kier alpha value is -3.06. The molecule has 3 rings (SSSR count). The molecular weight excluding hydrogens is 380 g/mol. The lowest BCUT2D eigenvalue weighted by molar-refractivity contribution is -0.116. The van der Waals surface area contributed by atoms with E-state index in [9.17, 15) is 4.79 Å². The molecule has 0 spiro atoms. The maximum atomic E-state index is 13.0. The highest BCUT2D eigenvalue weighted by Gasteiger charge is 2.16. The van der Waals surface area contributed by atoms with E-state index in [2.05, 4.69) is 22.3 Å². The van der Waals surface area contributed by atoms with Crippen LogP contribution >= 0.6 is 0 Å². The van der Waals surface area contributed by atoms with Crippen molar-refractivity contribution in [2.24, 2.45) is 0 Å². The number of hydrogen-bond acceptors (Lipinski definition) is 5. The summed E-state index contributed by atoms with van der Waals surface area (Å²) >= 11 is 0. The van der Waals surface area contributed by atoms with Gasteiger partial charge >= 0.3 is 0 Å². The monoisotopic (exact) mass is 410 g/mol. The van der Waals surface area contributed by atoms with Crippen LogP contribution in [0.5, 0.6) is 5.75 Å². The van der Waals surface area contributed by atoms with E-state index in [1.807, 2.05) is 26.0 Å². The highest BCUT2D eigenvalue weighted by molar-refractivity contribution is 6.14. The second-order valence-corrected chi connectivity index (χ2v) is 7.23. The van der Waals surface area contributed by atoms with E-state index in [-0.39, 0.29) is 11.4 Å². The molecule has 2 N–H and O–H groups in total. The van der Waals surface area contributed by atoms with Gasteiger partial charge in [-0.2, -0.15) is 0 Å². The van der Waals surface area contributed by atoms with Gasteiger partial charge in [0, 0.05) is 31.5 Å². The zero-order chi connectivity index (χ0) is 21.5. The minimum Gasteiger partial charge on any atom is -0.493 e. The van der Waals surface area contributed by atoms with Gasteiger partial charge in [0.2, 0.25) is 0 Å². The summed E-state index contributed by atoms with van der Waals surface area (Å²) in [5, 5.41) is 11.4. The maximum Gasteiger partial charge on any atom is 0.268 e. The summed E-state index contributed by atoms with van der Waals surface area (Å²) in [5.41, 5.74) is 3.71. The number of allylic oxidation sites excluding steroid dienone is 1. The van der Waals surface area contributed by atoms with Crippen molar-refractivity contribution in [2.45, 2.75) is 26.8 Å². The van der Waals surface area contributed by atoms with E-state index in [0.717, 1.165) is 37.4 Å². The molecule has 0 atom stereocenters. The number of methoxy groups -OCH3 is 1. The van der Waals surface area contributed by atoms with Crippen molar-refractivity contribution < 1.29 is 14.3 Å². The number of pyridine rings is 1. The quantitative estimate of drug-likeness (QED) is 0.688. The molecular formula is C23H30N4O3. The average Bonchev–Trinajstić information content (AvgIpc) is 2.79. The van der Waals surface area contributed by atoms with Gasteiger partial charge in [-0.3, -0.25) is 14.8 Å². The zero-order valence-corrected chi connectivity index (χ0v) is 17.9. The summed E-state index contributed by atoms with van der Waals surface area (Å²) < 4.78 is 12.2. The van der Waals surface area contributed by atoms with E-state index < -0.39 is 0 Å². The van der Waals surface area contributed by atoms with Gasteiger partial charge in [-0.25, -0.2) is 0 Å². The molecule has 1 aliphatic rings. The molecule has 1 aliphatic heterocycles. The Labute approximate surface area is 177 Å². The van der Waals surface area contributed by atoms with Crippen molar-refractivity contribution in [1.29, 1.82) is 5.41 Å². The third kappa shape index (κ3) is 4.91. The fraction of sp³-hybridized carbons (Fsp3) is 0.391. The van der Waals surface area contributed by atoms with Crippen molar-refractivity contribution in [1.82, 2.24) is 9.88 Å². The Morgan fingerprint density at radius 1 is 1.20 bits per heavy atom. The minimum atomic E-state index is -0.210. The van der Waals surface area contributed by atoms with Crippen LogP contribution in [-0.4, -0.2) is 43.9 Å². The van der Waals surface area contributed by atoms with Crippen LogP contribution in [-0.2, 0) is 16.1 Å². The molecule has 1 saturated heterocycles. The molecule has 1 amide bonds. The van der Waals surface area contributed by atoms with E-state index in [4.69, 9.17) is 14.9 Å². The number of nitrogens with zero attached hydrogens (tertiary/aromatic N) is 2. The fourth-order valence-electron chi connectivity index (χ4n) is 3.43. The molecule has 1 fully saturated rings. The smallest absolute Gasteiger partial charge is 0.268 e. The number of hydrogen-bond donors (Lipinski definition) is 2. The first-order valence-corrected chi connectivity index (χ1v) is 10.2. The van der Waals surface area contributed by atoms with Crippen LogP contribution in [0, 0.1) is 5.41 Å². The van der Waals surface area contributed by atoms with Gasteiger partial charge in [0.05, 0.1) is 20.3 Å². The lowest BCUT2D eigenvalue weighted by Crippen LogP contribution is -2.36. The van der Waals surface area contributed by atoms with Gasteiger partial charge in [0.1, 0.15) is 5.70 Å². The van der Waals surface area contributed by atoms with Crippen molar-refractivity contribution in [3.8, 4) is 5.75 Å². The molecule has 160 valence electrons. The zero-order valence-electron chi connectivity index (χ0n) is 17.9. The summed E-state index contributed by atoms with van der Waals surface area (Å²) in [6, 6.07) is 11.7. The number of morpholine rings is 1. The van der Waals surface area contributed by atoms with E-state index in [1.54, 1.807) is 22.9 Å². The first-order chi connectivity index (χ1) is 14.5. The number of carbonyl (C=O) groups excluding carboxylic acids is 1. The number of anilines is 1. The Kier molecular flexibility index (Phi) is 7.30. The molecule has 0 radical (unpaired) electrons. The van der Waals surface area contributed by atoms with Crippen LogP contribution in [0.1, 0.15) is 25.8 Å². The molecule has 2 aromatic rings. The largest absolute Gasteiger partial charge is 0.493 e. The number of benzene rings is 1. The second-order valence-electron chi connectivity index (χ2n) is 7.23. The minimum absolute atomic E-state index is 0.146. The number of carbonyl (C=O) groups is 1. The van der Waals surface area contributed by atoms with Crippen LogP contribution in [0.4, 0.5) is 5.69 Å². The summed E-state index contributed by atoms with van der Waals surface area (Å²) in [7, 11) is 1.52. The predicted octanol–water partition coefficient (Wildman–Crippen LogP) is 2.77. The highest BCUT2D eigenvalue weighted by Crippen LogP contribution is 2.18. The third-order valence-electron chi connectivity index (χ3n) is 5.33. The summed E-state index contributed by atoms with van der Waals surface area (Å²) in [4.78, 5) is 15.3. The van der Waals surface area contributed by atoms with Crippen LogP contribution in [0.3, 0.4) is 0 Å². The Bertz CT molecular complexity index is 957. The van der Waals surface area contributed by atoms with Crippen molar-refractivity contribution in [3.05, 3.63) is 59.2 Å². The maximum absolute atomic E-state index is 13.0. The molecule has 7 heteroatoms. The Balaban J connectivity index is 1.73. The molecule has 0 aliphatic carbocycles. The SMILES string of the molecule is CC/C(C)=C(\C(=O)NCc1ccc(N2CCOCC2)cc1)n1cccc(OC)c1=N. The Morgan fingerprint density at radius 2 is 1.90 bits per heavy atom. The summed E-state index contributed by atoms with van der Waals surface area (Å²) in [6.07, 6.45) is 2.43. The number of aromatic nitrogens is 1. The van der Waals surface area contributed by atoms with E-state index in [0.29, 0.717) is 24.4 Å². The molecule has 30 heavy (non-hydrogen) atoms. The molecule has 7 nitrogen and oxygen atoms in total. The number of ether oxygens (including phenoxy) is 2. The normalized spacial score (nSPS) is 14.8.